The van der Waals surface area contributed by atoms with Crippen molar-refractivity contribution in [1.82, 2.24) is 20.2 Å². The Morgan fingerprint density at radius 2 is 1.92 bits per heavy atom. The Kier molecular flexibility index (Phi) is 4.51. The predicted octanol–water partition coefficient (Wildman–Crippen LogP) is 3.79. The number of fused-ring (bicyclic) bond motifs is 1. The molecule has 2 aromatic rings. The summed E-state index contributed by atoms with van der Waals surface area (Å²) in [5.41, 5.74) is 2.13. The number of aromatic nitrogens is 2. The molecule has 2 aliphatic carbocycles. The van der Waals surface area contributed by atoms with E-state index in [9.17, 15) is 4.79 Å². The first kappa shape index (κ1) is 17.9. The molecule has 5 nitrogen and oxygen atoms in total. The zero-order valence-corrected chi connectivity index (χ0v) is 17.0. The maximum Gasteiger partial charge on any atom is 0.261 e. The number of aryl methyl sites for hydroxylation is 2. The van der Waals surface area contributed by atoms with Gasteiger partial charge in [-0.2, -0.15) is 0 Å². The van der Waals surface area contributed by atoms with Crippen LogP contribution in [0.15, 0.2) is 0 Å². The third kappa shape index (κ3) is 3.03. The molecule has 0 spiro atoms. The van der Waals surface area contributed by atoms with Crippen molar-refractivity contribution in [2.45, 2.75) is 63.8 Å². The number of rotatable bonds is 5. The van der Waals surface area contributed by atoms with Gasteiger partial charge in [0.1, 0.15) is 10.7 Å². The highest BCUT2D eigenvalue weighted by Gasteiger charge is 2.36. The van der Waals surface area contributed by atoms with Crippen molar-refractivity contribution in [2.75, 3.05) is 20.6 Å². The van der Waals surface area contributed by atoms with Crippen LogP contribution in [0, 0.1) is 13.8 Å². The van der Waals surface area contributed by atoms with Crippen LogP contribution in [0.25, 0.3) is 10.2 Å². The second kappa shape index (κ2) is 6.57. The van der Waals surface area contributed by atoms with E-state index in [0.29, 0.717) is 12.5 Å². The molecule has 4 rings (SSSR count). The van der Waals surface area contributed by atoms with Gasteiger partial charge in [-0.25, -0.2) is 9.97 Å². The van der Waals surface area contributed by atoms with Gasteiger partial charge in [0.15, 0.2) is 0 Å². The van der Waals surface area contributed by atoms with E-state index in [0.717, 1.165) is 45.0 Å². The van der Waals surface area contributed by atoms with E-state index in [1.165, 1.54) is 37.0 Å². The molecule has 0 unspecified atom stereocenters. The minimum atomic E-state index is 0.0333. The largest absolute Gasteiger partial charge is 0.349 e. The third-order valence-electron chi connectivity index (χ3n) is 6.20. The zero-order chi connectivity index (χ0) is 18.5. The van der Waals surface area contributed by atoms with E-state index in [4.69, 9.17) is 9.97 Å². The number of likely N-dealkylation sites (N-methyl/N-ethyl adjacent to an activating group) is 1. The molecule has 0 aliphatic heterocycles. The lowest BCUT2D eigenvalue weighted by Gasteiger charge is -2.36. The van der Waals surface area contributed by atoms with Crippen LogP contribution >= 0.6 is 11.3 Å². The van der Waals surface area contributed by atoms with E-state index in [-0.39, 0.29) is 11.4 Å². The summed E-state index contributed by atoms with van der Waals surface area (Å²) in [4.78, 5) is 26.4. The second-order valence-electron chi connectivity index (χ2n) is 8.19. The van der Waals surface area contributed by atoms with Gasteiger partial charge in [-0.3, -0.25) is 4.79 Å². The number of hydrogen-bond donors (Lipinski definition) is 1. The third-order valence-corrected chi connectivity index (χ3v) is 7.38. The van der Waals surface area contributed by atoms with Gasteiger partial charge in [-0.05, 0) is 59.2 Å². The van der Waals surface area contributed by atoms with Crippen molar-refractivity contribution in [3.8, 4) is 0 Å². The average Bonchev–Trinajstić information content (AvgIpc) is 3.24. The van der Waals surface area contributed by atoms with Crippen LogP contribution in [0.2, 0.25) is 0 Å². The van der Waals surface area contributed by atoms with Crippen molar-refractivity contribution in [2.24, 2.45) is 0 Å². The molecule has 2 aromatic heterocycles. The van der Waals surface area contributed by atoms with Crippen LogP contribution in [-0.2, 0) is 0 Å². The van der Waals surface area contributed by atoms with Crippen LogP contribution in [-0.4, -0.2) is 47.0 Å². The fraction of sp³-hybridized carbons (Fsp3) is 0.650. The van der Waals surface area contributed by atoms with Gasteiger partial charge in [0.25, 0.3) is 5.91 Å². The summed E-state index contributed by atoms with van der Waals surface area (Å²) in [5.74, 6) is 1.52. The topological polar surface area (TPSA) is 58.1 Å². The summed E-state index contributed by atoms with van der Waals surface area (Å²) in [7, 11) is 4.25. The first-order valence-corrected chi connectivity index (χ1v) is 10.5. The second-order valence-corrected chi connectivity index (χ2v) is 9.19. The number of hydrogen-bond acceptors (Lipinski definition) is 5. The van der Waals surface area contributed by atoms with Crippen LogP contribution in [0.3, 0.4) is 0 Å². The summed E-state index contributed by atoms with van der Waals surface area (Å²) in [6.45, 7) is 4.78. The Balaban J connectivity index is 1.58. The van der Waals surface area contributed by atoms with Gasteiger partial charge in [0, 0.05) is 23.4 Å². The van der Waals surface area contributed by atoms with Gasteiger partial charge < -0.3 is 10.2 Å². The van der Waals surface area contributed by atoms with Crippen molar-refractivity contribution in [3.05, 3.63) is 22.0 Å². The molecular weight excluding hydrogens is 344 g/mol. The molecule has 0 bridgehead atoms. The Hall–Kier alpha value is -1.53. The molecule has 26 heavy (non-hydrogen) atoms. The molecule has 2 heterocycles. The first-order valence-electron chi connectivity index (χ1n) is 9.64. The number of thiophene rings is 1. The van der Waals surface area contributed by atoms with Crippen LogP contribution < -0.4 is 5.32 Å². The summed E-state index contributed by atoms with van der Waals surface area (Å²) < 4.78 is 0. The molecule has 1 amide bonds. The van der Waals surface area contributed by atoms with Crippen molar-refractivity contribution < 1.29 is 4.79 Å². The molecule has 0 aromatic carbocycles. The number of carbonyl (C=O) groups excluding carboxylic acids is 1. The SMILES string of the molecule is Cc1nc(C2CC2)nc2sc(C(=O)NCC3(N(C)C)CCCC3)c(C)c12. The van der Waals surface area contributed by atoms with Gasteiger partial charge >= 0.3 is 0 Å². The highest BCUT2D eigenvalue weighted by Crippen LogP contribution is 2.40. The maximum atomic E-state index is 12.9. The van der Waals surface area contributed by atoms with E-state index in [1.54, 1.807) is 0 Å². The Morgan fingerprint density at radius 3 is 2.54 bits per heavy atom. The molecule has 0 atom stereocenters. The van der Waals surface area contributed by atoms with Gasteiger partial charge in [-0.1, -0.05) is 12.8 Å². The minimum absolute atomic E-state index is 0.0333. The van der Waals surface area contributed by atoms with Crippen LogP contribution in [0.5, 0.6) is 0 Å². The summed E-state index contributed by atoms with van der Waals surface area (Å²) >= 11 is 1.52. The highest BCUT2D eigenvalue weighted by atomic mass is 32.1. The molecule has 0 saturated heterocycles. The highest BCUT2D eigenvalue weighted by molar-refractivity contribution is 7.20. The van der Waals surface area contributed by atoms with Crippen molar-refractivity contribution in [1.29, 1.82) is 0 Å². The van der Waals surface area contributed by atoms with E-state index < -0.39 is 0 Å². The lowest BCUT2D eigenvalue weighted by atomic mass is 9.96. The normalized spacial score (nSPS) is 19.4. The molecule has 1 N–H and O–H groups in total. The quantitative estimate of drug-likeness (QED) is 0.867. The van der Waals surface area contributed by atoms with E-state index in [1.807, 2.05) is 13.8 Å². The Bertz CT molecular complexity index is 847. The fourth-order valence-corrected chi connectivity index (χ4v) is 5.40. The summed E-state index contributed by atoms with van der Waals surface area (Å²) in [6, 6.07) is 0. The number of amides is 1. The van der Waals surface area contributed by atoms with E-state index >= 15 is 0 Å². The zero-order valence-electron chi connectivity index (χ0n) is 16.2. The summed E-state index contributed by atoms with van der Waals surface area (Å²) in [6.07, 6.45) is 7.18. The van der Waals surface area contributed by atoms with Gasteiger partial charge in [0.05, 0.1) is 10.6 Å². The smallest absolute Gasteiger partial charge is 0.261 e. The molecule has 0 radical (unpaired) electrons. The standard InChI is InChI=1S/C20H28N4OS/c1-12-15-13(2)22-17(14-7-8-14)23-19(15)26-16(12)18(25)21-11-20(24(3)4)9-5-6-10-20/h14H,5-11H2,1-4H3,(H,21,25). The maximum absolute atomic E-state index is 12.9. The molecule has 2 fully saturated rings. The van der Waals surface area contributed by atoms with Gasteiger partial charge in [-0.15, -0.1) is 11.3 Å². The minimum Gasteiger partial charge on any atom is -0.349 e. The van der Waals surface area contributed by atoms with Crippen LogP contribution in [0.4, 0.5) is 0 Å². The van der Waals surface area contributed by atoms with Crippen LogP contribution in [0.1, 0.15) is 71.2 Å². The average molecular weight is 373 g/mol. The Labute approximate surface area is 159 Å². The lowest BCUT2D eigenvalue weighted by molar-refractivity contribution is 0.0903. The molecule has 140 valence electrons. The fourth-order valence-electron chi connectivity index (χ4n) is 4.24. The number of carbonyl (C=O) groups is 1. The van der Waals surface area contributed by atoms with E-state index in [2.05, 4.69) is 24.3 Å². The molecule has 2 aliphatic rings. The number of nitrogens with one attached hydrogen (secondary N) is 1. The predicted molar refractivity (Wildman–Crippen MR) is 106 cm³/mol. The van der Waals surface area contributed by atoms with Gasteiger partial charge in [0.2, 0.25) is 0 Å². The van der Waals surface area contributed by atoms with Crippen molar-refractivity contribution in [3.63, 3.8) is 0 Å². The molecule has 6 heteroatoms. The lowest BCUT2D eigenvalue weighted by Crippen LogP contribution is -2.50. The molecular formula is C20H28N4OS. The van der Waals surface area contributed by atoms with Crippen molar-refractivity contribution >= 4 is 27.5 Å². The summed E-state index contributed by atoms with van der Waals surface area (Å²) in [5, 5.41) is 4.28. The number of nitrogens with zero attached hydrogens (tertiary/aromatic N) is 3. The molecule has 2 saturated carbocycles. The Morgan fingerprint density at radius 1 is 1.23 bits per heavy atom. The monoisotopic (exact) mass is 372 g/mol. The first-order chi connectivity index (χ1) is 12.4.